The van der Waals surface area contributed by atoms with Crippen molar-refractivity contribution in [2.24, 2.45) is 5.92 Å². The monoisotopic (exact) mass is 852 g/mol. The zero-order valence-corrected chi connectivity index (χ0v) is 36.3. The molecule has 4 aliphatic rings. The number of benzene rings is 4. The van der Waals surface area contributed by atoms with E-state index in [2.05, 4.69) is 28.9 Å². The number of phenols is 1. The predicted octanol–water partition coefficient (Wildman–Crippen LogP) is 7.15. The molecule has 4 aliphatic heterocycles. The van der Waals surface area contributed by atoms with Crippen molar-refractivity contribution in [1.29, 1.82) is 0 Å². The number of piperidine rings is 4. The number of hydrogen-bond acceptors (Lipinski definition) is 8. The number of nitrogens with one attached hydrogen (secondary N) is 1. The molecule has 0 radical (unpaired) electrons. The van der Waals surface area contributed by atoms with Gasteiger partial charge in [0.2, 0.25) is 17.4 Å². The molecule has 0 aliphatic carbocycles. The number of H-pyrrole nitrogens is 1. The Hall–Kier alpha value is -5.78. The maximum absolute atomic E-state index is 14.1. The molecular formula is C52H60N4O7. The molecule has 5 heterocycles. The van der Waals surface area contributed by atoms with Gasteiger partial charge in [0, 0.05) is 44.2 Å². The largest absolute Gasteiger partial charge is 0.506 e. The molecule has 0 spiro atoms. The average Bonchev–Trinajstić information content (AvgIpc) is 3.30. The summed E-state index contributed by atoms with van der Waals surface area (Å²) in [5, 5.41) is 21.9. The number of aromatic hydroxyl groups is 1. The number of likely N-dealkylation sites (tertiary alicyclic amines) is 1. The summed E-state index contributed by atoms with van der Waals surface area (Å²) in [5.74, 6) is 0.281. The number of aliphatic hydroxyl groups is 1. The van der Waals surface area contributed by atoms with Gasteiger partial charge in [-0.1, -0.05) is 97.8 Å². The van der Waals surface area contributed by atoms with Crippen molar-refractivity contribution in [3.05, 3.63) is 147 Å². The average molecular weight is 853 g/mol. The Labute approximate surface area is 369 Å². The van der Waals surface area contributed by atoms with Crippen molar-refractivity contribution >= 4 is 28.7 Å². The van der Waals surface area contributed by atoms with Crippen LogP contribution < -0.4 is 5.56 Å². The number of aromatic nitrogens is 1. The summed E-state index contributed by atoms with van der Waals surface area (Å²) in [4.78, 5) is 62.4. The van der Waals surface area contributed by atoms with E-state index in [1.54, 1.807) is 12.1 Å². The molecule has 9 rings (SSSR count). The SMILES string of the molecule is Cc1ccccc1CN(CCCCC[C@H](O)c1ccc(O)c2[nH]c(=O)ccc12)C(=O)Cc1ccc(CC(=O)N2CCC(C(=O)O[C@H]3CN4CCC3CC4)(c3ccccc3)CC2)cc1. The van der Waals surface area contributed by atoms with Crippen molar-refractivity contribution < 1.29 is 29.3 Å². The lowest BCUT2D eigenvalue weighted by molar-refractivity contribution is -0.168. The lowest BCUT2D eigenvalue weighted by Gasteiger charge is -2.46. The summed E-state index contributed by atoms with van der Waals surface area (Å²) >= 11 is 0. The summed E-state index contributed by atoms with van der Waals surface area (Å²) in [7, 11) is 0. The van der Waals surface area contributed by atoms with Crippen LogP contribution in [0.2, 0.25) is 0 Å². The van der Waals surface area contributed by atoms with Crippen LogP contribution in [0.4, 0.5) is 0 Å². The number of amides is 2. The molecule has 4 fully saturated rings. The molecule has 1 aromatic heterocycles. The van der Waals surface area contributed by atoms with Crippen LogP contribution in [0.5, 0.6) is 5.75 Å². The zero-order chi connectivity index (χ0) is 43.9. The van der Waals surface area contributed by atoms with E-state index in [1.165, 1.54) is 12.1 Å². The number of unbranched alkanes of at least 4 members (excludes halogenated alkanes) is 2. The fourth-order valence-electron chi connectivity index (χ4n) is 9.96. The molecule has 5 aromatic rings. The number of hydrogen-bond donors (Lipinski definition) is 3. The Bertz CT molecular complexity index is 2440. The molecule has 2 atom stereocenters. The van der Waals surface area contributed by atoms with Gasteiger partial charge in [0.25, 0.3) is 0 Å². The molecule has 0 unspecified atom stereocenters. The molecule has 4 aromatic carbocycles. The number of carbonyl (C=O) groups excluding carboxylic acids is 3. The van der Waals surface area contributed by atoms with E-state index in [0.717, 1.165) is 79.6 Å². The normalized spacial score (nSPS) is 19.7. The lowest BCUT2D eigenvalue weighted by atomic mass is 9.72. The highest BCUT2D eigenvalue weighted by Crippen LogP contribution is 2.39. The van der Waals surface area contributed by atoms with Gasteiger partial charge in [-0.3, -0.25) is 24.1 Å². The van der Waals surface area contributed by atoms with Gasteiger partial charge in [-0.15, -0.1) is 0 Å². The molecule has 0 saturated carbocycles. The molecule has 11 heteroatoms. The van der Waals surface area contributed by atoms with Crippen LogP contribution in [0.15, 0.2) is 108 Å². The second kappa shape index (κ2) is 19.7. The molecule has 2 amide bonds. The maximum atomic E-state index is 14.1. The van der Waals surface area contributed by atoms with Crippen LogP contribution in [-0.4, -0.2) is 93.1 Å². The summed E-state index contributed by atoms with van der Waals surface area (Å²) in [6, 6.07) is 32.0. The third kappa shape index (κ3) is 10.2. The number of carbonyl (C=O) groups is 3. The Kier molecular flexibility index (Phi) is 13.7. The Balaban J connectivity index is 0.844. The summed E-state index contributed by atoms with van der Waals surface area (Å²) < 4.78 is 6.34. The second-order valence-electron chi connectivity index (χ2n) is 18.0. The van der Waals surface area contributed by atoms with Gasteiger partial charge in [0.15, 0.2) is 0 Å². The third-order valence-corrected chi connectivity index (χ3v) is 13.9. The van der Waals surface area contributed by atoms with E-state index in [9.17, 15) is 29.4 Å². The minimum absolute atomic E-state index is 0.0221. The molecule has 3 N–H and O–H groups in total. The minimum atomic E-state index is -0.775. The van der Waals surface area contributed by atoms with Gasteiger partial charge in [-0.2, -0.15) is 0 Å². The highest BCUT2D eigenvalue weighted by atomic mass is 16.5. The number of fused-ring (bicyclic) bond motifs is 4. The number of nitrogens with zero attached hydrogens (tertiary/aromatic N) is 3. The Morgan fingerprint density at radius 1 is 0.825 bits per heavy atom. The molecular weight excluding hydrogens is 793 g/mol. The van der Waals surface area contributed by atoms with E-state index in [0.29, 0.717) is 67.8 Å². The van der Waals surface area contributed by atoms with Crippen molar-refractivity contribution in [3.63, 3.8) is 0 Å². The van der Waals surface area contributed by atoms with Crippen LogP contribution in [0.1, 0.15) is 90.9 Å². The highest BCUT2D eigenvalue weighted by molar-refractivity contribution is 5.87. The Morgan fingerprint density at radius 2 is 1.52 bits per heavy atom. The van der Waals surface area contributed by atoms with Crippen LogP contribution in [0.25, 0.3) is 10.9 Å². The number of pyridine rings is 1. The summed E-state index contributed by atoms with van der Waals surface area (Å²) in [6.07, 6.45) is 5.64. The maximum Gasteiger partial charge on any atom is 0.317 e. The number of ether oxygens (including phenoxy) is 1. The Morgan fingerprint density at radius 3 is 2.22 bits per heavy atom. The van der Waals surface area contributed by atoms with E-state index < -0.39 is 11.5 Å². The number of esters is 1. The number of phenolic OH excluding ortho intramolecular Hbond substituents is 1. The van der Waals surface area contributed by atoms with E-state index >= 15 is 0 Å². The first kappa shape index (κ1) is 43.9. The van der Waals surface area contributed by atoms with Crippen molar-refractivity contribution in [2.45, 2.75) is 95.3 Å². The third-order valence-electron chi connectivity index (χ3n) is 13.9. The van der Waals surface area contributed by atoms with Crippen LogP contribution in [0.3, 0.4) is 0 Å². The number of aliphatic hydroxyl groups excluding tert-OH is 1. The number of aryl methyl sites for hydroxylation is 1. The van der Waals surface area contributed by atoms with Crippen molar-refractivity contribution in [1.82, 2.24) is 19.7 Å². The lowest BCUT2D eigenvalue weighted by Crippen LogP contribution is -2.55. The molecule has 2 bridgehead atoms. The fourth-order valence-corrected chi connectivity index (χ4v) is 9.96. The summed E-state index contributed by atoms with van der Waals surface area (Å²) in [5.41, 5.74) is 4.81. The second-order valence-corrected chi connectivity index (χ2v) is 18.0. The molecule has 11 nitrogen and oxygen atoms in total. The predicted molar refractivity (Wildman–Crippen MR) is 243 cm³/mol. The van der Waals surface area contributed by atoms with E-state index in [4.69, 9.17) is 4.74 Å². The topological polar surface area (TPSA) is 143 Å². The minimum Gasteiger partial charge on any atom is -0.506 e. The van der Waals surface area contributed by atoms with Gasteiger partial charge in [-0.05, 0) is 110 Å². The van der Waals surface area contributed by atoms with Crippen molar-refractivity contribution in [3.8, 4) is 5.75 Å². The fraction of sp³-hybridized carbons (Fsp3) is 0.423. The first-order chi connectivity index (χ1) is 30.6. The zero-order valence-electron chi connectivity index (χ0n) is 36.3. The van der Waals surface area contributed by atoms with Crippen LogP contribution in [0, 0.1) is 12.8 Å². The standard InChI is InChI=1S/C52H60N4O7/c1-36-10-7-8-11-40(36)34-56(27-9-3-6-14-44(57)42-19-21-45(58)50-43(42)20-22-47(59)53-50)49(61)33-38-17-15-37(16-18-38)32-48(60)55-30-25-52(26-31-55,41-12-4-2-5-13-41)51(62)63-46-35-54-28-23-39(46)24-29-54/h2,4-5,7-8,10-13,15-22,39,44,46,57-58H,3,6,9,14,23-35H2,1H3,(H,53,59)/t44-,46-/m0/s1. The van der Waals surface area contributed by atoms with Gasteiger partial charge in [-0.25, -0.2) is 0 Å². The van der Waals surface area contributed by atoms with Gasteiger partial charge < -0.3 is 29.7 Å². The van der Waals surface area contributed by atoms with Gasteiger partial charge in [0.05, 0.1) is 29.9 Å². The van der Waals surface area contributed by atoms with Crippen molar-refractivity contribution in [2.75, 3.05) is 39.3 Å². The van der Waals surface area contributed by atoms with Crippen LogP contribution >= 0.6 is 0 Å². The number of rotatable bonds is 16. The quantitative estimate of drug-likeness (QED) is 0.0702. The van der Waals surface area contributed by atoms with E-state index in [-0.39, 0.29) is 48.0 Å². The summed E-state index contributed by atoms with van der Waals surface area (Å²) in [6.45, 7) is 7.05. The molecule has 4 saturated heterocycles. The van der Waals surface area contributed by atoms with Gasteiger partial charge in [0.1, 0.15) is 11.9 Å². The smallest absolute Gasteiger partial charge is 0.317 e. The highest BCUT2D eigenvalue weighted by Gasteiger charge is 2.47. The van der Waals surface area contributed by atoms with Crippen LogP contribution in [-0.2, 0) is 43.9 Å². The molecule has 330 valence electrons. The number of aromatic amines is 1. The van der Waals surface area contributed by atoms with E-state index in [1.807, 2.05) is 76.5 Å². The van der Waals surface area contributed by atoms with Gasteiger partial charge >= 0.3 is 5.97 Å². The first-order valence-corrected chi connectivity index (χ1v) is 22.8. The first-order valence-electron chi connectivity index (χ1n) is 22.8. The molecule has 63 heavy (non-hydrogen) atoms.